The Morgan fingerprint density at radius 2 is 2.00 bits per heavy atom. The van der Waals surface area contributed by atoms with E-state index in [2.05, 4.69) is 15.3 Å². The Bertz CT molecular complexity index is 1260. The largest absolute Gasteiger partial charge is 0.397 e. The van der Waals surface area contributed by atoms with Gasteiger partial charge in [0.25, 0.3) is 0 Å². The zero-order valence-corrected chi connectivity index (χ0v) is 19.6. The molecular weight excluding hydrogens is 462 g/mol. The van der Waals surface area contributed by atoms with Crippen LogP contribution in [0.15, 0.2) is 46.9 Å². The number of nitrogens with one attached hydrogen (secondary N) is 1. The molecule has 0 unspecified atom stereocenters. The van der Waals surface area contributed by atoms with Gasteiger partial charge >= 0.3 is 0 Å². The Balaban J connectivity index is 1.62. The molecule has 0 atom stereocenters. The van der Waals surface area contributed by atoms with Crippen LogP contribution in [0.1, 0.15) is 19.3 Å². The van der Waals surface area contributed by atoms with Crippen molar-refractivity contribution in [2.45, 2.75) is 28.7 Å². The van der Waals surface area contributed by atoms with Crippen LogP contribution in [-0.4, -0.2) is 38.5 Å². The molecule has 1 aromatic carbocycles. The number of anilines is 2. The minimum absolute atomic E-state index is 0.0212. The maximum Gasteiger partial charge on any atom is 0.222 e. The lowest BCUT2D eigenvalue weighted by Crippen LogP contribution is -2.12. The molecule has 0 spiro atoms. The Hall–Kier alpha value is -2.39. The number of rotatable bonds is 7. The van der Waals surface area contributed by atoms with Crippen LogP contribution in [0.5, 0.6) is 0 Å². The van der Waals surface area contributed by atoms with Gasteiger partial charge in [-0.2, -0.15) is 0 Å². The molecule has 32 heavy (non-hydrogen) atoms. The van der Waals surface area contributed by atoms with E-state index < -0.39 is 0 Å². The van der Waals surface area contributed by atoms with Gasteiger partial charge in [-0.1, -0.05) is 30.2 Å². The summed E-state index contributed by atoms with van der Waals surface area (Å²) in [6.07, 6.45) is 7.26. The highest BCUT2D eigenvalue weighted by Gasteiger charge is 2.24. The number of aliphatic hydroxyl groups excluding tert-OH is 1. The quantitative estimate of drug-likeness (QED) is 0.310. The molecule has 0 amide bonds. The predicted octanol–water partition coefficient (Wildman–Crippen LogP) is 5.70. The lowest BCUT2D eigenvalue weighted by Gasteiger charge is -2.23. The second-order valence-electron chi connectivity index (χ2n) is 7.67. The van der Waals surface area contributed by atoms with Crippen molar-refractivity contribution in [1.82, 2.24) is 15.0 Å². The molecule has 1 aliphatic carbocycles. The van der Waals surface area contributed by atoms with Crippen LogP contribution in [-0.2, 0) is 0 Å². The zero-order valence-electron chi connectivity index (χ0n) is 17.2. The van der Waals surface area contributed by atoms with E-state index in [1.54, 1.807) is 23.7 Å². The summed E-state index contributed by atoms with van der Waals surface area (Å²) in [5.74, 6) is 0.471. The van der Waals surface area contributed by atoms with Crippen molar-refractivity contribution in [3.63, 3.8) is 0 Å². The van der Waals surface area contributed by atoms with Gasteiger partial charge in [0.2, 0.25) is 5.95 Å². The van der Waals surface area contributed by atoms with Crippen LogP contribution in [0.25, 0.3) is 32.6 Å². The van der Waals surface area contributed by atoms with Crippen molar-refractivity contribution in [3.8, 4) is 22.4 Å². The van der Waals surface area contributed by atoms with Gasteiger partial charge in [-0.05, 0) is 42.2 Å². The molecule has 3 heterocycles. The van der Waals surface area contributed by atoms with Crippen LogP contribution in [0.4, 0.5) is 11.6 Å². The van der Waals surface area contributed by atoms with E-state index in [0.717, 1.165) is 42.5 Å². The number of pyridine rings is 1. The van der Waals surface area contributed by atoms with Gasteiger partial charge in [0, 0.05) is 40.2 Å². The first-order valence-corrected chi connectivity index (χ1v) is 12.5. The normalized spacial score (nSPS) is 13.9. The van der Waals surface area contributed by atoms with E-state index in [1.807, 2.05) is 42.1 Å². The number of hydrogen-bond donors (Lipinski definition) is 3. The summed E-state index contributed by atoms with van der Waals surface area (Å²) in [6, 6.07) is 9.84. The summed E-state index contributed by atoms with van der Waals surface area (Å²) in [5, 5.41) is 14.2. The van der Waals surface area contributed by atoms with Gasteiger partial charge < -0.3 is 16.2 Å². The molecule has 9 heteroatoms. The molecule has 1 fully saturated rings. The third kappa shape index (κ3) is 4.28. The maximum atomic E-state index is 8.97. The zero-order chi connectivity index (χ0) is 22.1. The van der Waals surface area contributed by atoms with Gasteiger partial charge in [-0.3, -0.25) is 0 Å². The molecule has 1 aliphatic rings. The number of aliphatic hydroxyl groups is 1. The van der Waals surface area contributed by atoms with Gasteiger partial charge in [-0.15, -0.1) is 23.1 Å². The highest BCUT2D eigenvalue weighted by atomic mass is 35.5. The van der Waals surface area contributed by atoms with Crippen molar-refractivity contribution in [2.24, 2.45) is 0 Å². The summed E-state index contributed by atoms with van der Waals surface area (Å²) < 4.78 is 1.14. The highest BCUT2D eigenvalue weighted by Crippen LogP contribution is 2.48. The first-order chi connectivity index (χ1) is 15.6. The molecule has 6 nitrogen and oxygen atoms in total. The van der Waals surface area contributed by atoms with Crippen LogP contribution < -0.4 is 11.1 Å². The number of nitrogens with two attached hydrogens (primary N) is 1. The number of nitrogen functional groups attached to an aromatic ring is 1. The summed E-state index contributed by atoms with van der Waals surface area (Å²) >= 11 is 9.83. The summed E-state index contributed by atoms with van der Waals surface area (Å²) in [7, 11) is 0. The topological polar surface area (TPSA) is 97.0 Å². The minimum atomic E-state index is 0.0212. The summed E-state index contributed by atoms with van der Waals surface area (Å²) in [5.41, 5.74) is 11.1. The molecule has 0 aliphatic heterocycles. The van der Waals surface area contributed by atoms with Gasteiger partial charge in [-0.25, -0.2) is 15.0 Å². The van der Waals surface area contributed by atoms with Crippen molar-refractivity contribution >= 4 is 56.6 Å². The van der Waals surface area contributed by atoms with E-state index in [9.17, 15) is 0 Å². The lowest BCUT2D eigenvalue weighted by molar-refractivity contribution is 0.311. The molecule has 3 aromatic heterocycles. The molecule has 164 valence electrons. The number of aromatic nitrogens is 3. The van der Waals surface area contributed by atoms with E-state index in [4.69, 9.17) is 27.4 Å². The summed E-state index contributed by atoms with van der Waals surface area (Å²) in [6.45, 7) is 0.422. The van der Waals surface area contributed by atoms with Crippen molar-refractivity contribution in [2.75, 3.05) is 24.2 Å². The standard InChI is InChI=1S/C23H22ClN5OS2/c24-15-4-1-3-13(9-15)17-10-18(14-11-27-23(28-12-14)26-7-8-30)29-21-19(17)20(25)22(32-21)31-16-5-2-6-16/h1,3-4,9-12,16,30H,2,5-8,25H2,(H,26,27,28). The van der Waals surface area contributed by atoms with Crippen LogP contribution >= 0.6 is 34.7 Å². The Kier molecular flexibility index (Phi) is 6.19. The van der Waals surface area contributed by atoms with Crippen LogP contribution in [0.3, 0.4) is 0 Å². The number of fused-ring (bicyclic) bond motifs is 1. The molecule has 0 radical (unpaired) electrons. The van der Waals surface area contributed by atoms with Gasteiger partial charge in [0.05, 0.1) is 22.2 Å². The van der Waals surface area contributed by atoms with Crippen LogP contribution in [0, 0.1) is 0 Å². The fraction of sp³-hybridized carbons (Fsp3) is 0.261. The third-order valence-corrected chi connectivity index (χ3v) is 8.38. The Morgan fingerprint density at radius 1 is 1.19 bits per heavy atom. The molecule has 0 bridgehead atoms. The van der Waals surface area contributed by atoms with E-state index >= 15 is 0 Å². The van der Waals surface area contributed by atoms with Crippen LogP contribution in [0.2, 0.25) is 5.02 Å². The number of thioether (sulfide) groups is 1. The smallest absolute Gasteiger partial charge is 0.222 e. The predicted molar refractivity (Wildman–Crippen MR) is 135 cm³/mol. The monoisotopic (exact) mass is 483 g/mol. The highest BCUT2D eigenvalue weighted by molar-refractivity contribution is 8.02. The maximum absolute atomic E-state index is 8.97. The molecule has 4 aromatic rings. The number of thiophene rings is 1. The molecule has 0 saturated heterocycles. The van der Waals surface area contributed by atoms with E-state index in [1.165, 1.54) is 19.3 Å². The first-order valence-electron chi connectivity index (χ1n) is 10.4. The SMILES string of the molecule is Nc1c(SC2CCC2)sc2nc(-c3cnc(NCCO)nc3)cc(-c3cccc(Cl)c3)c12. The number of halogens is 1. The minimum Gasteiger partial charge on any atom is -0.397 e. The van der Waals surface area contributed by atoms with Crippen molar-refractivity contribution in [1.29, 1.82) is 0 Å². The van der Waals surface area contributed by atoms with Crippen molar-refractivity contribution < 1.29 is 5.11 Å². The second kappa shape index (κ2) is 9.23. The molecule has 5 rings (SSSR count). The van der Waals surface area contributed by atoms with Crippen molar-refractivity contribution in [3.05, 3.63) is 47.7 Å². The van der Waals surface area contributed by atoms with E-state index in [0.29, 0.717) is 22.8 Å². The van der Waals surface area contributed by atoms with Gasteiger partial charge in [0.1, 0.15) is 4.83 Å². The Morgan fingerprint density at radius 3 is 2.69 bits per heavy atom. The lowest BCUT2D eigenvalue weighted by atomic mass is 10.00. The molecule has 4 N–H and O–H groups in total. The second-order valence-corrected chi connectivity index (χ2v) is 10.7. The van der Waals surface area contributed by atoms with E-state index in [-0.39, 0.29) is 6.61 Å². The first kappa shape index (κ1) is 21.5. The average molecular weight is 484 g/mol. The summed E-state index contributed by atoms with van der Waals surface area (Å²) in [4.78, 5) is 14.5. The fourth-order valence-electron chi connectivity index (χ4n) is 3.58. The third-order valence-electron chi connectivity index (χ3n) is 5.47. The number of nitrogens with zero attached hydrogens (tertiary/aromatic N) is 3. The number of benzene rings is 1. The fourth-order valence-corrected chi connectivity index (χ4v) is 6.56. The number of hydrogen-bond acceptors (Lipinski definition) is 8. The Labute approximate surface area is 199 Å². The molecule has 1 saturated carbocycles. The average Bonchev–Trinajstić information content (AvgIpc) is 3.10. The molecular formula is C23H22ClN5OS2. The van der Waals surface area contributed by atoms with Gasteiger partial charge in [0.15, 0.2) is 0 Å².